The van der Waals surface area contributed by atoms with Crippen LogP contribution >= 0.6 is 0 Å². The maximum atomic E-state index is 5.03. The molecule has 0 saturated carbocycles. The average molecular weight is 285 g/mol. The van der Waals surface area contributed by atoms with Gasteiger partial charge in [-0.2, -0.15) is 0 Å². The van der Waals surface area contributed by atoms with Gasteiger partial charge in [0.1, 0.15) is 5.69 Å². The zero-order chi connectivity index (χ0) is 14.8. The van der Waals surface area contributed by atoms with Gasteiger partial charge in [-0.1, -0.05) is 13.8 Å². The Hall–Kier alpha value is -2.08. The number of aromatic nitrogens is 4. The number of methoxy groups -OCH3 is 1. The molecule has 0 spiro atoms. The first-order chi connectivity index (χ1) is 10.2. The van der Waals surface area contributed by atoms with Crippen molar-refractivity contribution in [2.45, 2.75) is 32.7 Å². The number of hydrogen-bond acceptors (Lipinski definition) is 6. The van der Waals surface area contributed by atoms with Crippen LogP contribution < -0.4 is 10.1 Å². The topological polar surface area (TPSA) is 72.8 Å². The molecule has 0 amide bonds. The van der Waals surface area contributed by atoms with Crippen molar-refractivity contribution >= 4 is 0 Å². The molecule has 6 heteroatoms. The van der Waals surface area contributed by atoms with E-state index in [1.165, 1.54) is 5.56 Å². The van der Waals surface area contributed by atoms with Gasteiger partial charge >= 0.3 is 0 Å². The fourth-order valence-corrected chi connectivity index (χ4v) is 2.51. The Morgan fingerprint density at radius 3 is 2.71 bits per heavy atom. The summed E-state index contributed by atoms with van der Waals surface area (Å²) >= 11 is 0. The highest BCUT2D eigenvalue weighted by Crippen LogP contribution is 2.25. The molecule has 21 heavy (non-hydrogen) atoms. The summed E-state index contributed by atoms with van der Waals surface area (Å²) in [5, 5.41) is 11.5. The van der Waals surface area contributed by atoms with Gasteiger partial charge in [-0.3, -0.25) is 0 Å². The van der Waals surface area contributed by atoms with Crippen LogP contribution in [0.1, 0.15) is 36.7 Å². The lowest BCUT2D eigenvalue weighted by atomic mass is 9.98. The van der Waals surface area contributed by atoms with Crippen molar-refractivity contribution in [2.24, 2.45) is 0 Å². The van der Waals surface area contributed by atoms with Crippen LogP contribution in [0.15, 0.2) is 12.1 Å². The molecule has 6 nitrogen and oxygen atoms in total. The van der Waals surface area contributed by atoms with Gasteiger partial charge in [0.25, 0.3) is 0 Å². The quantitative estimate of drug-likeness (QED) is 0.925. The van der Waals surface area contributed by atoms with Crippen molar-refractivity contribution in [2.75, 3.05) is 13.7 Å². The standard InChI is InChI=1S/C15H19N5O/c1-9(2)14-10-8-16-7-6-11(10)17-15(18-14)12-4-5-13(21-3)20-19-12/h4-5,9,16H,6-8H2,1-3H3. The largest absolute Gasteiger partial charge is 0.480 e. The summed E-state index contributed by atoms with van der Waals surface area (Å²) in [5.41, 5.74) is 4.14. The molecule has 0 radical (unpaired) electrons. The molecule has 1 aliphatic rings. The van der Waals surface area contributed by atoms with E-state index >= 15 is 0 Å². The van der Waals surface area contributed by atoms with E-state index in [-0.39, 0.29) is 0 Å². The number of rotatable bonds is 3. The second-order valence-electron chi connectivity index (χ2n) is 5.40. The van der Waals surface area contributed by atoms with Gasteiger partial charge < -0.3 is 10.1 Å². The minimum atomic E-state index is 0.353. The molecule has 3 heterocycles. The Balaban J connectivity index is 2.07. The molecule has 1 aliphatic heterocycles. The maximum Gasteiger partial charge on any atom is 0.233 e. The molecule has 110 valence electrons. The second-order valence-corrected chi connectivity index (χ2v) is 5.40. The zero-order valence-corrected chi connectivity index (χ0v) is 12.6. The minimum Gasteiger partial charge on any atom is -0.480 e. The molecule has 0 unspecified atom stereocenters. The summed E-state index contributed by atoms with van der Waals surface area (Å²) < 4.78 is 5.03. The summed E-state index contributed by atoms with van der Waals surface area (Å²) in [6.45, 7) is 6.11. The molecular formula is C15H19N5O. The van der Waals surface area contributed by atoms with Crippen LogP contribution in [-0.4, -0.2) is 33.8 Å². The first-order valence-corrected chi connectivity index (χ1v) is 7.17. The van der Waals surface area contributed by atoms with E-state index in [9.17, 15) is 0 Å². The normalized spacial score (nSPS) is 14.1. The summed E-state index contributed by atoms with van der Waals surface area (Å²) in [5.74, 6) is 1.49. The van der Waals surface area contributed by atoms with Gasteiger partial charge in [0, 0.05) is 31.1 Å². The van der Waals surface area contributed by atoms with Crippen molar-refractivity contribution in [3.8, 4) is 17.4 Å². The molecule has 0 fully saturated rings. The Kier molecular flexibility index (Phi) is 3.79. The fourth-order valence-electron chi connectivity index (χ4n) is 2.51. The van der Waals surface area contributed by atoms with Crippen molar-refractivity contribution in [3.63, 3.8) is 0 Å². The highest BCUT2D eigenvalue weighted by Gasteiger charge is 2.20. The lowest BCUT2D eigenvalue weighted by Gasteiger charge is -2.21. The SMILES string of the molecule is COc1ccc(-c2nc3c(c(C(C)C)n2)CNCC3)nn1. The molecular weight excluding hydrogens is 266 g/mol. The summed E-state index contributed by atoms with van der Waals surface area (Å²) in [6.07, 6.45) is 0.925. The van der Waals surface area contributed by atoms with E-state index in [4.69, 9.17) is 9.72 Å². The van der Waals surface area contributed by atoms with Crippen molar-refractivity contribution < 1.29 is 4.74 Å². The highest BCUT2D eigenvalue weighted by atomic mass is 16.5. The lowest BCUT2D eigenvalue weighted by molar-refractivity contribution is 0.392. The van der Waals surface area contributed by atoms with Crippen molar-refractivity contribution in [1.82, 2.24) is 25.5 Å². The van der Waals surface area contributed by atoms with E-state index < -0.39 is 0 Å². The number of hydrogen-bond donors (Lipinski definition) is 1. The van der Waals surface area contributed by atoms with Crippen LogP contribution in [0, 0.1) is 0 Å². The predicted octanol–water partition coefficient (Wildman–Crippen LogP) is 1.71. The molecule has 2 aromatic rings. The van der Waals surface area contributed by atoms with E-state index in [2.05, 4.69) is 34.3 Å². The summed E-state index contributed by atoms with van der Waals surface area (Å²) in [4.78, 5) is 9.40. The van der Waals surface area contributed by atoms with Crippen LogP contribution in [-0.2, 0) is 13.0 Å². The fraction of sp³-hybridized carbons (Fsp3) is 0.467. The third-order valence-electron chi connectivity index (χ3n) is 3.59. The van der Waals surface area contributed by atoms with Crippen LogP contribution in [0.2, 0.25) is 0 Å². The number of nitrogens with zero attached hydrogens (tertiary/aromatic N) is 4. The van der Waals surface area contributed by atoms with Gasteiger partial charge in [-0.05, 0) is 12.0 Å². The first-order valence-electron chi connectivity index (χ1n) is 7.17. The molecule has 3 rings (SSSR count). The van der Waals surface area contributed by atoms with Crippen LogP contribution in [0.5, 0.6) is 5.88 Å². The molecule has 0 aliphatic carbocycles. The summed E-state index contributed by atoms with van der Waals surface area (Å²) in [6, 6.07) is 3.63. The zero-order valence-electron chi connectivity index (χ0n) is 12.6. The van der Waals surface area contributed by atoms with Crippen molar-refractivity contribution in [1.29, 1.82) is 0 Å². The first kappa shape index (κ1) is 13.9. The highest BCUT2D eigenvalue weighted by molar-refractivity contribution is 5.51. The van der Waals surface area contributed by atoms with Gasteiger partial charge in [-0.25, -0.2) is 9.97 Å². The van der Waals surface area contributed by atoms with Crippen LogP contribution in [0.4, 0.5) is 0 Å². The molecule has 0 bridgehead atoms. The molecule has 0 atom stereocenters. The number of fused-ring (bicyclic) bond motifs is 1. The summed E-state index contributed by atoms with van der Waals surface area (Å²) in [7, 11) is 1.57. The number of nitrogens with one attached hydrogen (secondary N) is 1. The van der Waals surface area contributed by atoms with E-state index in [0.29, 0.717) is 23.3 Å². The lowest BCUT2D eigenvalue weighted by Crippen LogP contribution is -2.27. The van der Waals surface area contributed by atoms with E-state index in [1.807, 2.05) is 6.07 Å². The predicted molar refractivity (Wildman–Crippen MR) is 79.1 cm³/mol. The van der Waals surface area contributed by atoms with Gasteiger partial charge in [0.15, 0.2) is 5.82 Å². The van der Waals surface area contributed by atoms with Crippen LogP contribution in [0.25, 0.3) is 11.5 Å². The number of ether oxygens (including phenoxy) is 1. The second kappa shape index (κ2) is 5.73. The Morgan fingerprint density at radius 2 is 2.05 bits per heavy atom. The minimum absolute atomic E-state index is 0.353. The Bertz CT molecular complexity index is 639. The molecule has 1 N–H and O–H groups in total. The smallest absolute Gasteiger partial charge is 0.233 e. The monoisotopic (exact) mass is 285 g/mol. The van der Waals surface area contributed by atoms with Crippen LogP contribution in [0.3, 0.4) is 0 Å². The van der Waals surface area contributed by atoms with Gasteiger partial charge in [-0.15, -0.1) is 10.2 Å². The van der Waals surface area contributed by atoms with Gasteiger partial charge in [0.2, 0.25) is 5.88 Å². The Labute approximate surface area is 124 Å². The third-order valence-corrected chi connectivity index (χ3v) is 3.59. The van der Waals surface area contributed by atoms with Gasteiger partial charge in [0.05, 0.1) is 18.5 Å². The third kappa shape index (κ3) is 2.71. The van der Waals surface area contributed by atoms with E-state index in [0.717, 1.165) is 30.9 Å². The van der Waals surface area contributed by atoms with Crippen molar-refractivity contribution in [3.05, 3.63) is 29.1 Å². The average Bonchev–Trinajstić information content (AvgIpc) is 2.53. The van der Waals surface area contributed by atoms with E-state index in [1.54, 1.807) is 13.2 Å². The molecule has 2 aromatic heterocycles. The molecule has 0 aromatic carbocycles. The Morgan fingerprint density at radius 1 is 1.19 bits per heavy atom. The molecule has 0 saturated heterocycles. The maximum absolute atomic E-state index is 5.03.